The zero-order chi connectivity index (χ0) is 20.1. The standard InChI is InChI=1S/C19H32N4O4S.HI/c1-2-20-19(21-10-6-12-27-18-9-13-26-16-18)22-11-14-28(24,25)23-15-17-7-4-3-5-8-17;/h3-5,7-8,18,23H,2,6,9-16H2,1H3,(H2,20,21,22);1H. The van der Waals surface area contributed by atoms with Crippen molar-refractivity contribution in [1.29, 1.82) is 0 Å². The Hall–Kier alpha value is -0.950. The second kappa shape index (κ2) is 14.9. The van der Waals surface area contributed by atoms with Gasteiger partial charge in [-0.3, -0.25) is 4.99 Å². The molecule has 10 heteroatoms. The SMILES string of the molecule is CCNC(=NCCCOC1CCOC1)NCCS(=O)(=O)NCc1ccccc1.I. The number of nitrogens with one attached hydrogen (secondary N) is 3. The third-order valence-electron chi connectivity index (χ3n) is 4.16. The van der Waals surface area contributed by atoms with Crippen LogP contribution in [-0.4, -0.2) is 65.7 Å². The van der Waals surface area contributed by atoms with E-state index in [9.17, 15) is 8.42 Å². The first-order valence-electron chi connectivity index (χ1n) is 9.82. The lowest BCUT2D eigenvalue weighted by atomic mass is 10.2. The topological polar surface area (TPSA) is 101 Å². The first kappa shape index (κ1) is 26.1. The van der Waals surface area contributed by atoms with Gasteiger partial charge in [-0.15, -0.1) is 24.0 Å². The highest BCUT2D eigenvalue weighted by atomic mass is 127. The van der Waals surface area contributed by atoms with Crippen LogP contribution in [0.1, 0.15) is 25.3 Å². The first-order valence-corrected chi connectivity index (χ1v) is 11.5. The molecular weight excluding hydrogens is 507 g/mol. The Bertz CT molecular complexity index is 683. The number of aliphatic imine (C=N–C) groups is 1. The summed E-state index contributed by atoms with van der Waals surface area (Å²) in [5, 5.41) is 6.19. The molecule has 2 rings (SSSR count). The van der Waals surface area contributed by atoms with Gasteiger partial charge in [-0.25, -0.2) is 13.1 Å². The number of halogens is 1. The summed E-state index contributed by atoms with van der Waals surface area (Å²) in [6.45, 7) is 5.98. The van der Waals surface area contributed by atoms with Crippen molar-refractivity contribution < 1.29 is 17.9 Å². The van der Waals surface area contributed by atoms with Crippen LogP contribution in [0.5, 0.6) is 0 Å². The van der Waals surface area contributed by atoms with Crippen LogP contribution >= 0.6 is 24.0 Å². The molecule has 0 amide bonds. The molecule has 0 bridgehead atoms. The van der Waals surface area contributed by atoms with Crippen LogP contribution in [-0.2, 0) is 26.0 Å². The quantitative estimate of drug-likeness (QED) is 0.161. The van der Waals surface area contributed by atoms with Crippen molar-refractivity contribution in [3.63, 3.8) is 0 Å². The average Bonchev–Trinajstić information content (AvgIpc) is 3.20. The van der Waals surface area contributed by atoms with Crippen molar-refractivity contribution in [2.24, 2.45) is 4.99 Å². The van der Waals surface area contributed by atoms with Crippen molar-refractivity contribution >= 4 is 40.0 Å². The number of nitrogens with zero attached hydrogens (tertiary/aromatic N) is 1. The molecule has 1 fully saturated rings. The van der Waals surface area contributed by atoms with Crippen LogP contribution in [0.25, 0.3) is 0 Å². The maximum absolute atomic E-state index is 12.1. The van der Waals surface area contributed by atoms with E-state index in [0.717, 1.165) is 25.0 Å². The lowest BCUT2D eigenvalue weighted by Gasteiger charge is -2.12. The Balaban J connectivity index is 0.00000420. The highest BCUT2D eigenvalue weighted by Crippen LogP contribution is 2.08. The van der Waals surface area contributed by atoms with Crippen LogP contribution in [0, 0.1) is 0 Å². The number of ether oxygens (including phenoxy) is 2. The summed E-state index contributed by atoms with van der Waals surface area (Å²) >= 11 is 0. The van der Waals surface area contributed by atoms with Crippen LogP contribution in [0.3, 0.4) is 0 Å². The van der Waals surface area contributed by atoms with E-state index >= 15 is 0 Å². The van der Waals surface area contributed by atoms with Gasteiger partial charge >= 0.3 is 0 Å². The molecule has 1 aliphatic heterocycles. The van der Waals surface area contributed by atoms with Gasteiger partial charge in [0.15, 0.2) is 5.96 Å². The van der Waals surface area contributed by atoms with E-state index in [2.05, 4.69) is 20.3 Å². The van der Waals surface area contributed by atoms with E-state index in [1.807, 2.05) is 37.3 Å². The molecule has 1 aromatic rings. The Morgan fingerprint density at radius 2 is 2.07 bits per heavy atom. The minimum Gasteiger partial charge on any atom is -0.379 e. The maximum atomic E-state index is 12.1. The Morgan fingerprint density at radius 1 is 1.28 bits per heavy atom. The molecule has 166 valence electrons. The molecule has 29 heavy (non-hydrogen) atoms. The normalized spacial score (nSPS) is 17.0. The smallest absolute Gasteiger partial charge is 0.213 e. The van der Waals surface area contributed by atoms with Gasteiger partial charge in [0.1, 0.15) is 0 Å². The van der Waals surface area contributed by atoms with Crippen molar-refractivity contribution in [2.75, 3.05) is 45.2 Å². The van der Waals surface area contributed by atoms with Gasteiger partial charge in [0.05, 0.1) is 18.5 Å². The van der Waals surface area contributed by atoms with Gasteiger partial charge in [-0.1, -0.05) is 30.3 Å². The lowest BCUT2D eigenvalue weighted by molar-refractivity contribution is 0.0424. The maximum Gasteiger partial charge on any atom is 0.213 e. The fraction of sp³-hybridized carbons (Fsp3) is 0.632. The van der Waals surface area contributed by atoms with E-state index in [4.69, 9.17) is 9.47 Å². The van der Waals surface area contributed by atoms with Gasteiger partial charge in [-0.2, -0.15) is 0 Å². The van der Waals surface area contributed by atoms with Crippen LogP contribution in [0.15, 0.2) is 35.3 Å². The van der Waals surface area contributed by atoms with Crippen LogP contribution < -0.4 is 15.4 Å². The average molecular weight is 540 g/mol. The molecular formula is C19H33IN4O4S. The second-order valence-electron chi connectivity index (χ2n) is 6.52. The predicted octanol–water partition coefficient (Wildman–Crippen LogP) is 1.47. The summed E-state index contributed by atoms with van der Waals surface area (Å²) in [4.78, 5) is 4.46. The molecule has 1 unspecified atom stereocenters. The van der Waals surface area contributed by atoms with Gasteiger partial charge in [0, 0.05) is 39.4 Å². The summed E-state index contributed by atoms with van der Waals surface area (Å²) < 4.78 is 37.9. The second-order valence-corrected chi connectivity index (χ2v) is 8.45. The summed E-state index contributed by atoms with van der Waals surface area (Å²) in [6.07, 6.45) is 1.98. The van der Waals surface area contributed by atoms with Gasteiger partial charge in [0.25, 0.3) is 0 Å². The summed E-state index contributed by atoms with van der Waals surface area (Å²) in [6, 6.07) is 9.45. The van der Waals surface area contributed by atoms with E-state index in [1.54, 1.807) is 0 Å². The Labute approximate surface area is 191 Å². The highest BCUT2D eigenvalue weighted by Gasteiger charge is 2.15. The minimum atomic E-state index is -3.36. The van der Waals surface area contributed by atoms with Crippen molar-refractivity contribution in [3.8, 4) is 0 Å². The third-order valence-corrected chi connectivity index (χ3v) is 5.49. The number of hydrogen-bond donors (Lipinski definition) is 3. The monoisotopic (exact) mass is 540 g/mol. The fourth-order valence-corrected chi connectivity index (χ4v) is 3.56. The Morgan fingerprint density at radius 3 is 2.76 bits per heavy atom. The molecule has 3 N–H and O–H groups in total. The molecule has 0 spiro atoms. The zero-order valence-electron chi connectivity index (χ0n) is 16.9. The molecule has 0 radical (unpaired) electrons. The number of benzene rings is 1. The van der Waals surface area contributed by atoms with Crippen molar-refractivity contribution in [1.82, 2.24) is 15.4 Å². The first-order chi connectivity index (χ1) is 13.6. The third kappa shape index (κ3) is 11.7. The lowest BCUT2D eigenvalue weighted by Crippen LogP contribution is -2.41. The zero-order valence-corrected chi connectivity index (χ0v) is 20.1. The predicted molar refractivity (Wildman–Crippen MR) is 126 cm³/mol. The minimum absolute atomic E-state index is 0. The molecule has 8 nitrogen and oxygen atoms in total. The number of sulfonamides is 1. The molecule has 0 saturated carbocycles. The summed E-state index contributed by atoms with van der Waals surface area (Å²) in [5.41, 5.74) is 0.931. The largest absolute Gasteiger partial charge is 0.379 e. The summed E-state index contributed by atoms with van der Waals surface area (Å²) in [7, 11) is -3.36. The fourth-order valence-electron chi connectivity index (χ4n) is 2.66. The van der Waals surface area contributed by atoms with Crippen LogP contribution in [0.4, 0.5) is 0 Å². The van der Waals surface area contributed by atoms with E-state index in [1.165, 1.54) is 0 Å². The molecule has 0 aliphatic carbocycles. The highest BCUT2D eigenvalue weighted by molar-refractivity contribution is 14.0. The van der Waals surface area contributed by atoms with Crippen molar-refractivity contribution in [2.45, 2.75) is 32.4 Å². The Kier molecular flexibility index (Phi) is 13.4. The number of rotatable bonds is 12. The van der Waals surface area contributed by atoms with Crippen molar-refractivity contribution in [3.05, 3.63) is 35.9 Å². The van der Waals surface area contributed by atoms with E-state index < -0.39 is 10.0 Å². The van der Waals surface area contributed by atoms with E-state index in [-0.39, 0.29) is 42.4 Å². The van der Waals surface area contributed by atoms with Gasteiger partial charge < -0.3 is 20.1 Å². The number of hydrogen-bond acceptors (Lipinski definition) is 5. The molecule has 0 aromatic heterocycles. The number of guanidine groups is 1. The molecule has 1 aliphatic rings. The molecule has 1 aromatic carbocycles. The van der Waals surface area contributed by atoms with Gasteiger partial charge in [0.2, 0.25) is 10.0 Å². The van der Waals surface area contributed by atoms with Gasteiger partial charge in [-0.05, 0) is 25.3 Å². The molecule has 1 heterocycles. The summed E-state index contributed by atoms with van der Waals surface area (Å²) in [5.74, 6) is 0.597. The molecule has 1 atom stereocenters. The molecule has 1 saturated heterocycles. The van der Waals surface area contributed by atoms with E-state index in [0.29, 0.717) is 38.8 Å². The van der Waals surface area contributed by atoms with Crippen LogP contribution in [0.2, 0.25) is 0 Å².